The molecule has 0 saturated carbocycles. The van der Waals surface area contributed by atoms with Crippen molar-refractivity contribution in [2.45, 2.75) is 18.6 Å². The lowest BCUT2D eigenvalue weighted by Crippen LogP contribution is -2.31. The summed E-state index contributed by atoms with van der Waals surface area (Å²) in [5, 5.41) is 11.1. The number of non-ortho nitro benzene ring substituents is 1. The van der Waals surface area contributed by atoms with E-state index < -0.39 is 4.92 Å². The molecule has 27 heavy (non-hydrogen) atoms. The molecule has 1 aliphatic rings. The van der Waals surface area contributed by atoms with Gasteiger partial charge in [-0.25, -0.2) is 0 Å². The number of aryl methyl sites for hydroxylation is 1. The maximum atomic E-state index is 12.5. The first-order chi connectivity index (χ1) is 13.0. The minimum Gasteiger partial charge on any atom is -0.338 e. The summed E-state index contributed by atoms with van der Waals surface area (Å²) >= 11 is 1.91. The molecule has 140 valence electrons. The summed E-state index contributed by atoms with van der Waals surface area (Å²) in [5.74, 6) is 0.898. The van der Waals surface area contributed by atoms with Crippen LogP contribution in [0.5, 0.6) is 0 Å². The lowest BCUT2D eigenvalue weighted by atomic mass is 10.0. The summed E-state index contributed by atoms with van der Waals surface area (Å²) in [6.45, 7) is 3.60. The molecule has 1 atom stereocenters. The van der Waals surface area contributed by atoms with E-state index >= 15 is 0 Å². The first-order valence-corrected chi connectivity index (χ1v) is 9.98. The monoisotopic (exact) mass is 382 g/mol. The topological polar surface area (TPSA) is 63.5 Å². The maximum Gasteiger partial charge on any atom is 0.269 e. The van der Waals surface area contributed by atoms with E-state index in [4.69, 9.17) is 0 Å². The van der Waals surface area contributed by atoms with Crippen molar-refractivity contribution >= 4 is 29.4 Å². The molecule has 0 N–H and O–H groups in total. The normalized spacial score (nSPS) is 17.7. The zero-order valence-electron chi connectivity index (χ0n) is 15.2. The van der Waals surface area contributed by atoms with Crippen LogP contribution < -0.4 is 0 Å². The van der Waals surface area contributed by atoms with Crippen molar-refractivity contribution in [3.05, 3.63) is 81.4 Å². The second-order valence-electron chi connectivity index (χ2n) is 6.51. The van der Waals surface area contributed by atoms with Gasteiger partial charge in [-0.3, -0.25) is 14.9 Å². The number of nitro benzene ring substituents is 1. The second-order valence-corrected chi connectivity index (χ2v) is 7.82. The highest BCUT2D eigenvalue weighted by Gasteiger charge is 2.21. The summed E-state index contributed by atoms with van der Waals surface area (Å²) in [6.07, 6.45) is 4.20. The Morgan fingerprint density at radius 3 is 2.63 bits per heavy atom. The first kappa shape index (κ1) is 19.2. The lowest BCUT2D eigenvalue weighted by molar-refractivity contribution is -0.384. The number of carbonyl (C=O) groups excluding carboxylic acids is 1. The van der Waals surface area contributed by atoms with E-state index in [-0.39, 0.29) is 11.6 Å². The van der Waals surface area contributed by atoms with Crippen molar-refractivity contribution in [3.63, 3.8) is 0 Å². The van der Waals surface area contributed by atoms with Gasteiger partial charge in [0.15, 0.2) is 0 Å². The fourth-order valence-corrected chi connectivity index (χ4v) is 4.49. The highest BCUT2D eigenvalue weighted by atomic mass is 32.2. The number of hydrogen-bond donors (Lipinski definition) is 0. The molecule has 2 aromatic carbocycles. The molecular weight excluding hydrogens is 360 g/mol. The average molecular weight is 382 g/mol. The Morgan fingerprint density at radius 1 is 1.19 bits per heavy atom. The molecule has 0 aromatic heterocycles. The van der Waals surface area contributed by atoms with Crippen LogP contribution in [0, 0.1) is 17.0 Å². The van der Waals surface area contributed by atoms with Gasteiger partial charge >= 0.3 is 0 Å². The number of benzene rings is 2. The van der Waals surface area contributed by atoms with Crippen LogP contribution in [0.15, 0.2) is 54.6 Å². The Bertz CT molecular complexity index is 849. The fourth-order valence-electron chi connectivity index (χ4n) is 3.17. The van der Waals surface area contributed by atoms with Crippen LogP contribution in [0.25, 0.3) is 6.08 Å². The number of hydrogen-bond acceptors (Lipinski definition) is 4. The van der Waals surface area contributed by atoms with Gasteiger partial charge in [0.2, 0.25) is 5.91 Å². The van der Waals surface area contributed by atoms with Gasteiger partial charge in [0.1, 0.15) is 0 Å². The number of nitrogens with zero attached hydrogens (tertiary/aromatic N) is 2. The van der Waals surface area contributed by atoms with Crippen LogP contribution in [0.3, 0.4) is 0 Å². The summed E-state index contributed by atoms with van der Waals surface area (Å²) in [7, 11) is 0. The molecule has 0 radical (unpaired) electrons. The standard InChI is InChI=1S/C21H22N2O3S/c1-16-4-2-3-5-19(16)20-12-13-22(14-15-27-20)21(24)11-8-17-6-9-18(10-7-17)23(25)26/h2-11,20H,12-15H2,1H3/b11-8+. The van der Waals surface area contributed by atoms with Crippen molar-refractivity contribution in [3.8, 4) is 0 Å². The van der Waals surface area contributed by atoms with Crippen LogP contribution >= 0.6 is 11.8 Å². The summed E-state index contributed by atoms with van der Waals surface area (Å²) in [5.41, 5.74) is 3.48. The van der Waals surface area contributed by atoms with Crippen LogP contribution in [0.1, 0.15) is 28.4 Å². The molecule has 1 heterocycles. The van der Waals surface area contributed by atoms with Gasteiger partial charge in [-0.1, -0.05) is 24.3 Å². The van der Waals surface area contributed by atoms with E-state index in [1.807, 2.05) is 16.7 Å². The number of amides is 1. The third-order valence-electron chi connectivity index (χ3n) is 4.71. The van der Waals surface area contributed by atoms with Crippen LogP contribution in [-0.4, -0.2) is 34.6 Å². The number of nitro groups is 1. The van der Waals surface area contributed by atoms with Crippen molar-refractivity contribution in [1.29, 1.82) is 0 Å². The zero-order chi connectivity index (χ0) is 19.2. The van der Waals surface area contributed by atoms with E-state index in [2.05, 4.69) is 31.2 Å². The molecule has 1 saturated heterocycles. The van der Waals surface area contributed by atoms with Crippen LogP contribution in [0.4, 0.5) is 5.69 Å². The molecule has 0 aliphatic carbocycles. The third kappa shape index (κ3) is 4.98. The van der Waals surface area contributed by atoms with Crippen LogP contribution in [-0.2, 0) is 4.79 Å². The molecule has 3 rings (SSSR count). The largest absolute Gasteiger partial charge is 0.338 e. The fraction of sp³-hybridized carbons (Fsp3) is 0.286. The lowest BCUT2D eigenvalue weighted by Gasteiger charge is -2.19. The van der Waals surface area contributed by atoms with Gasteiger partial charge in [-0.2, -0.15) is 11.8 Å². The first-order valence-electron chi connectivity index (χ1n) is 8.93. The van der Waals surface area contributed by atoms with Gasteiger partial charge in [0, 0.05) is 42.3 Å². The Morgan fingerprint density at radius 2 is 1.93 bits per heavy atom. The Labute approximate surface area is 163 Å². The minimum atomic E-state index is -0.432. The molecule has 1 fully saturated rings. The Balaban J connectivity index is 1.60. The quantitative estimate of drug-likeness (QED) is 0.440. The summed E-state index contributed by atoms with van der Waals surface area (Å²) in [4.78, 5) is 24.7. The molecular formula is C21H22N2O3S. The van der Waals surface area contributed by atoms with E-state index in [0.717, 1.165) is 30.8 Å². The molecule has 2 aromatic rings. The number of rotatable bonds is 4. The predicted octanol–water partition coefficient (Wildman–Crippen LogP) is 4.62. The van der Waals surface area contributed by atoms with Crippen molar-refractivity contribution in [2.24, 2.45) is 0 Å². The maximum absolute atomic E-state index is 12.5. The van der Waals surface area contributed by atoms with Crippen LogP contribution in [0.2, 0.25) is 0 Å². The van der Waals surface area contributed by atoms with Crippen molar-refractivity contribution < 1.29 is 9.72 Å². The molecule has 0 spiro atoms. The van der Waals surface area contributed by atoms with Gasteiger partial charge in [0.25, 0.3) is 5.69 Å². The van der Waals surface area contributed by atoms with Gasteiger partial charge in [0.05, 0.1) is 4.92 Å². The molecule has 6 heteroatoms. The van der Waals surface area contributed by atoms with E-state index in [0.29, 0.717) is 5.25 Å². The molecule has 0 bridgehead atoms. The molecule has 1 unspecified atom stereocenters. The van der Waals surface area contributed by atoms with Gasteiger partial charge in [-0.15, -0.1) is 0 Å². The smallest absolute Gasteiger partial charge is 0.269 e. The van der Waals surface area contributed by atoms with E-state index in [9.17, 15) is 14.9 Å². The predicted molar refractivity (Wildman–Crippen MR) is 110 cm³/mol. The second kappa shape index (κ2) is 8.86. The number of thioether (sulfide) groups is 1. The number of carbonyl (C=O) groups is 1. The summed E-state index contributed by atoms with van der Waals surface area (Å²) in [6, 6.07) is 14.6. The molecule has 5 nitrogen and oxygen atoms in total. The van der Waals surface area contributed by atoms with Gasteiger partial charge < -0.3 is 4.90 Å². The van der Waals surface area contributed by atoms with E-state index in [1.54, 1.807) is 24.3 Å². The zero-order valence-corrected chi connectivity index (χ0v) is 16.0. The van der Waals surface area contributed by atoms with Gasteiger partial charge in [-0.05, 0) is 48.2 Å². The molecule has 1 aliphatic heterocycles. The third-order valence-corrected chi connectivity index (χ3v) is 6.02. The van der Waals surface area contributed by atoms with E-state index in [1.165, 1.54) is 23.3 Å². The highest BCUT2D eigenvalue weighted by Crippen LogP contribution is 2.35. The Kier molecular flexibility index (Phi) is 6.29. The Hall–Kier alpha value is -2.60. The molecule has 1 amide bonds. The SMILES string of the molecule is Cc1ccccc1C1CCN(C(=O)/C=C/c2ccc([N+](=O)[O-])cc2)CCS1. The van der Waals surface area contributed by atoms with Crippen molar-refractivity contribution in [1.82, 2.24) is 4.90 Å². The average Bonchev–Trinajstić information content (AvgIpc) is 2.93. The van der Waals surface area contributed by atoms with Crippen molar-refractivity contribution in [2.75, 3.05) is 18.8 Å². The highest BCUT2D eigenvalue weighted by molar-refractivity contribution is 7.99. The summed E-state index contributed by atoms with van der Waals surface area (Å²) < 4.78 is 0. The minimum absolute atomic E-state index is 0.0145.